The smallest absolute Gasteiger partial charge is 0.239 e. The molecule has 2 aliphatic heterocycles. The quantitative estimate of drug-likeness (QED) is 0.776. The number of hydrogen-bond donors (Lipinski definition) is 0. The molecule has 1 aromatic rings. The third-order valence-corrected chi connectivity index (χ3v) is 6.26. The van der Waals surface area contributed by atoms with Crippen LogP contribution in [0.25, 0.3) is 0 Å². The van der Waals surface area contributed by atoms with Crippen LogP contribution in [0.4, 0.5) is 0 Å². The molecule has 1 aliphatic carbocycles. The molecule has 4 rings (SSSR count). The van der Waals surface area contributed by atoms with Crippen molar-refractivity contribution in [2.75, 3.05) is 26.2 Å². The van der Waals surface area contributed by atoms with Crippen LogP contribution in [0.15, 0.2) is 0 Å². The van der Waals surface area contributed by atoms with Gasteiger partial charge in [0, 0.05) is 13.1 Å². The first kappa shape index (κ1) is 17.5. The van der Waals surface area contributed by atoms with Crippen LogP contribution < -0.4 is 0 Å². The van der Waals surface area contributed by atoms with E-state index in [0.717, 1.165) is 64.6 Å². The van der Waals surface area contributed by atoms with Gasteiger partial charge in [0.25, 0.3) is 0 Å². The van der Waals surface area contributed by atoms with Gasteiger partial charge in [-0.05, 0) is 57.9 Å². The van der Waals surface area contributed by atoms with Gasteiger partial charge in [0.15, 0.2) is 0 Å². The summed E-state index contributed by atoms with van der Waals surface area (Å²) in [4.78, 5) is 17.3. The molecule has 3 aliphatic rings. The van der Waals surface area contributed by atoms with Crippen molar-refractivity contribution >= 4 is 5.91 Å². The van der Waals surface area contributed by atoms with E-state index in [9.17, 15) is 4.79 Å². The first-order valence-electron chi connectivity index (χ1n) is 10.2. The Morgan fingerprint density at radius 3 is 2.69 bits per heavy atom. The molecule has 0 unspecified atom stereocenters. The fraction of sp³-hybridized carbons (Fsp3) is 0.750. The Bertz CT molecular complexity index is 683. The summed E-state index contributed by atoms with van der Waals surface area (Å²) in [5.41, 5.74) is 2.54. The highest BCUT2D eigenvalue weighted by Crippen LogP contribution is 2.28. The van der Waals surface area contributed by atoms with Crippen molar-refractivity contribution in [3.05, 3.63) is 11.4 Å². The molecule has 0 bridgehead atoms. The maximum absolute atomic E-state index is 13.0. The largest absolute Gasteiger partial charge is 0.341 e. The normalized spacial score (nSPS) is 24.9. The predicted octanol–water partition coefficient (Wildman–Crippen LogP) is 1.81. The molecule has 1 atom stereocenters. The Morgan fingerprint density at radius 1 is 1.08 bits per heavy atom. The summed E-state index contributed by atoms with van der Waals surface area (Å²) in [6.07, 6.45) is 15.3. The summed E-state index contributed by atoms with van der Waals surface area (Å²) >= 11 is 0. The summed E-state index contributed by atoms with van der Waals surface area (Å²) < 4.78 is 2.17. The van der Waals surface area contributed by atoms with Gasteiger partial charge in [-0.15, -0.1) is 11.5 Å². The lowest BCUT2D eigenvalue weighted by Gasteiger charge is -2.39. The lowest BCUT2D eigenvalue weighted by Crippen LogP contribution is -2.52. The zero-order valence-electron chi connectivity index (χ0n) is 15.6. The van der Waals surface area contributed by atoms with Crippen LogP contribution in [0.2, 0.25) is 0 Å². The molecule has 140 valence electrons. The molecule has 0 radical (unpaired) electrons. The topological polar surface area (TPSA) is 54.3 Å². The molecule has 1 amide bonds. The highest BCUT2D eigenvalue weighted by atomic mass is 16.2. The minimum absolute atomic E-state index is 0.0181. The van der Waals surface area contributed by atoms with E-state index < -0.39 is 0 Å². The molecule has 6 nitrogen and oxygen atoms in total. The van der Waals surface area contributed by atoms with Crippen LogP contribution in [-0.2, 0) is 17.6 Å². The lowest BCUT2D eigenvalue weighted by atomic mass is 9.97. The maximum atomic E-state index is 13.0. The van der Waals surface area contributed by atoms with Gasteiger partial charge in [0.2, 0.25) is 5.91 Å². The van der Waals surface area contributed by atoms with E-state index in [2.05, 4.69) is 30.7 Å². The van der Waals surface area contributed by atoms with Crippen molar-refractivity contribution in [3.63, 3.8) is 0 Å². The number of aromatic nitrogens is 3. The number of likely N-dealkylation sites (tertiary alicyclic amines) is 2. The van der Waals surface area contributed by atoms with Gasteiger partial charge < -0.3 is 4.90 Å². The van der Waals surface area contributed by atoms with E-state index in [1.165, 1.54) is 24.2 Å². The van der Waals surface area contributed by atoms with Gasteiger partial charge in [0.1, 0.15) is 0 Å². The highest BCUT2D eigenvalue weighted by molar-refractivity contribution is 5.82. The third kappa shape index (κ3) is 3.37. The maximum Gasteiger partial charge on any atom is 0.239 e. The van der Waals surface area contributed by atoms with Crippen LogP contribution >= 0.6 is 0 Å². The van der Waals surface area contributed by atoms with Crippen molar-refractivity contribution in [1.82, 2.24) is 24.8 Å². The number of fused-ring (bicyclic) bond motifs is 1. The first-order valence-corrected chi connectivity index (χ1v) is 10.2. The van der Waals surface area contributed by atoms with E-state index >= 15 is 0 Å². The van der Waals surface area contributed by atoms with Crippen LogP contribution in [0.5, 0.6) is 0 Å². The number of piperidine rings is 2. The Balaban J connectivity index is 1.38. The molecule has 0 saturated carbocycles. The number of terminal acetylenes is 1. The third-order valence-electron chi connectivity index (χ3n) is 6.26. The molecular weight excluding hydrogens is 326 g/mol. The van der Waals surface area contributed by atoms with E-state index in [4.69, 9.17) is 6.42 Å². The minimum atomic E-state index is -0.0181. The highest BCUT2D eigenvalue weighted by Gasteiger charge is 2.34. The van der Waals surface area contributed by atoms with Crippen LogP contribution in [0, 0.1) is 12.3 Å². The monoisotopic (exact) mass is 355 g/mol. The Morgan fingerprint density at radius 2 is 1.88 bits per heavy atom. The molecule has 26 heavy (non-hydrogen) atoms. The van der Waals surface area contributed by atoms with Gasteiger partial charge in [-0.3, -0.25) is 9.69 Å². The minimum Gasteiger partial charge on any atom is -0.341 e. The van der Waals surface area contributed by atoms with Gasteiger partial charge in [-0.1, -0.05) is 17.6 Å². The number of carbonyl (C=O) groups is 1. The molecule has 3 heterocycles. The van der Waals surface area contributed by atoms with Crippen LogP contribution in [0.3, 0.4) is 0 Å². The fourth-order valence-corrected chi connectivity index (χ4v) is 4.80. The fourth-order valence-electron chi connectivity index (χ4n) is 4.80. The van der Waals surface area contributed by atoms with E-state index in [1.54, 1.807) is 0 Å². The average molecular weight is 355 g/mol. The van der Waals surface area contributed by atoms with Crippen molar-refractivity contribution in [2.45, 2.75) is 69.9 Å². The summed E-state index contributed by atoms with van der Waals surface area (Å²) in [5.74, 6) is 2.99. The standard InChI is InChI=1S/C20H29N5O/c1-2-12-23-13-6-5-9-19(23)20(26)24-14-10-16(11-15-24)25-18-8-4-3-7-17(18)21-22-25/h1,16,19H,3-15H2/t19-/m1/s1. The van der Waals surface area contributed by atoms with Gasteiger partial charge >= 0.3 is 0 Å². The zero-order valence-corrected chi connectivity index (χ0v) is 15.6. The van der Waals surface area contributed by atoms with E-state index in [-0.39, 0.29) is 11.9 Å². The molecule has 0 N–H and O–H groups in total. The molecule has 2 saturated heterocycles. The van der Waals surface area contributed by atoms with E-state index in [0.29, 0.717) is 12.6 Å². The van der Waals surface area contributed by atoms with Gasteiger partial charge in [0.05, 0.1) is 30.0 Å². The summed E-state index contributed by atoms with van der Waals surface area (Å²) in [6, 6.07) is 0.372. The summed E-state index contributed by atoms with van der Waals surface area (Å²) in [6.45, 7) is 3.16. The Hall–Kier alpha value is -1.87. The van der Waals surface area contributed by atoms with Crippen molar-refractivity contribution in [1.29, 1.82) is 0 Å². The Kier molecular flexibility index (Phi) is 5.26. The molecule has 2 fully saturated rings. The van der Waals surface area contributed by atoms with E-state index in [1.807, 2.05) is 0 Å². The zero-order chi connectivity index (χ0) is 17.9. The second kappa shape index (κ2) is 7.79. The molecule has 6 heteroatoms. The molecule has 0 spiro atoms. The first-order chi connectivity index (χ1) is 12.8. The molecule has 0 aromatic carbocycles. The Labute approximate surface area is 155 Å². The van der Waals surface area contributed by atoms with Gasteiger partial charge in [-0.25, -0.2) is 4.68 Å². The summed E-state index contributed by atoms with van der Waals surface area (Å²) in [5, 5.41) is 8.85. The number of nitrogens with zero attached hydrogens (tertiary/aromatic N) is 5. The molecular formula is C20H29N5O. The second-order valence-corrected chi connectivity index (χ2v) is 7.88. The van der Waals surface area contributed by atoms with Crippen molar-refractivity contribution < 1.29 is 4.79 Å². The molecule has 1 aromatic heterocycles. The number of amides is 1. The van der Waals surface area contributed by atoms with Crippen molar-refractivity contribution in [2.24, 2.45) is 0 Å². The van der Waals surface area contributed by atoms with Crippen molar-refractivity contribution in [3.8, 4) is 12.3 Å². The number of carbonyl (C=O) groups excluding carboxylic acids is 1. The summed E-state index contributed by atoms with van der Waals surface area (Å²) in [7, 11) is 0. The number of rotatable bonds is 3. The predicted molar refractivity (Wildman–Crippen MR) is 99.6 cm³/mol. The number of hydrogen-bond acceptors (Lipinski definition) is 4. The van der Waals surface area contributed by atoms with Crippen LogP contribution in [-0.4, -0.2) is 62.9 Å². The van der Waals surface area contributed by atoms with Crippen LogP contribution in [0.1, 0.15) is 62.4 Å². The second-order valence-electron chi connectivity index (χ2n) is 7.88. The average Bonchev–Trinajstić information content (AvgIpc) is 3.12. The SMILES string of the molecule is C#CCN1CCCC[C@@H]1C(=O)N1CCC(n2nnc3c2CCCC3)CC1. The lowest BCUT2D eigenvalue weighted by molar-refractivity contribution is -0.139. The van der Waals surface area contributed by atoms with Gasteiger partial charge in [-0.2, -0.15) is 0 Å². The number of aryl methyl sites for hydroxylation is 1.